The van der Waals surface area contributed by atoms with Gasteiger partial charge in [0.1, 0.15) is 0 Å². The molecule has 0 bridgehead atoms. The SMILES string of the molecule is CCCC(C)C(CC(C)CC(CC)C(C)(C)CC)C(C)(C)C(C)CC(C)C. The maximum absolute atomic E-state index is 2.58. The first-order valence-corrected chi connectivity index (χ1v) is 12.3. The molecular formula is C27H56. The Kier molecular flexibility index (Phi) is 11.9. The molecule has 0 nitrogen and oxygen atoms in total. The Labute approximate surface area is 174 Å². The van der Waals surface area contributed by atoms with E-state index in [-0.39, 0.29) is 0 Å². The van der Waals surface area contributed by atoms with Crippen molar-refractivity contribution in [1.29, 1.82) is 0 Å². The maximum atomic E-state index is 2.58. The van der Waals surface area contributed by atoms with E-state index in [4.69, 9.17) is 0 Å². The third kappa shape index (κ3) is 8.49. The Bertz CT molecular complexity index is 375. The third-order valence-electron chi connectivity index (χ3n) is 8.33. The van der Waals surface area contributed by atoms with Crippen molar-refractivity contribution in [3.05, 3.63) is 0 Å². The number of hydrogen-bond donors (Lipinski definition) is 0. The highest BCUT2D eigenvalue weighted by Gasteiger charge is 2.39. The van der Waals surface area contributed by atoms with Crippen molar-refractivity contribution in [2.45, 2.75) is 128 Å². The smallest absolute Gasteiger partial charge is 0.0297 e. The molecule has 0 spiro atoms. The first-order valence-electron chi connectivity index (χ1n) is 12.3. The number of hydrogen-bond acceptors (Lipinski definition) is 0. The molecule has 0 N–H and O–H groups in total. The maximum Gasteiger partial charge on any atom is -0.0297 e. The van der Waals surface area contributed by atoms with Gasteiger partial charge in [-0.2, -0.15) is 0 Å². The van der Waals surface area contributed by atoms with Crippen molar-refractivity contribution >= 4 is 0 Å². The molecule has 0 aliphatic rings. The summed E-state index contributed by atoms with van der Waals surface area (Å²) in [6.07, 6.45) is 9.50. The van der Waals surface area contributed by atoms with E-state index in [2.05, 4.69) is 83.1 Å². The van der Waals surface area contributed by atoms with E-state index < -0.39 is 0 Å². The monoisotopic (exact) mass is 380 g/mol. The average Bonchev–Trinajstić information content (AvgIpc) is 2.56. The van der Waals surface area contributed by atoms with E-state index >= 15 is 0 Å². The fourth-order valence-corrected chi connectivity index (χ4v) is 5.64. The van der Waals surface area contributed by atoms with E-state index in [0.717, 1.165) is 35.5 Å². The second kappa shape index (κ2) is 11.9. The van der Waals surface area contributed by atoms with Gasteiger partial charge in [0.05, 0.1) is 0 Å². The summed E-state index contributed by atoms with van der Waals surface area (Å²) in [4.78, 5) is 0. The lowest BCUT2D eigenvalue weighted by Crippen LogP contribution is -2.37. The largest absolute Gasteiger partial charge is 0.0654 e. The lowest BCUT2D eigenvalue weighted by Gasteiger charge is -2.45. The summed E-state index contributed by atoms with van der Waals surface area (Å²) in [5.41, 5.74) is 0.906. The van der Waals surface area contributed by atoms with Gasteiger partial charge in [-0.25, -0.2) is 0 Å². The van der Waals surface area contributed by atoms with Crippen LogP contribution >= 0.6 is 0 Å². The van der Waals surface area contributed by atoms with E-state index in [1.54, 1.807) is 0 Å². The van der Waals surface area contributed by atoms with Gasteiger partial charge in [0.25, 0.3) is 0 Å². The summed E-state index contributed by atoms with van der Waals surface area (Å²) in [7, 11) is 0. The third-order valence-corrected chi connectivity index (χ3v) is 8.33. The quantitative estimate of drug-likeness (QED) is 0.281. The minimum absolute atomic E-state index is 0.426. The lowest BCUT2D eigenvalue weighted by molar-refractivity contribution is 0.0414. The summed E-state index contributed by atoms with van der Waals surface area (Å²) in [6.45, 7) is 29.6. The van der Waals surface area contributed by atoms with Crippen molar-refractivity contribution in [3.63, 3.8) is 0 Å². The lowest BCUT2D eigenvalue weighted by atomic mass is 9.60. The molecule has 0 heteroatoms. The molecule has 27 heavy (non-hydrogen) atoms. The average molecular weight is 381 g/mol. The fourth-order valence-electron chi connectivity index (χ4n) is 5.64. The van der Waals surface area contributed by atoms with Crippen molar-refractivity contribution in [3.8, 4) is 0 Å². The van der Waals surface area contributed by atoms with Crippen LogP contribution in [0.4, 0.5) is 0 Å². The molecule has 164 valence electrons. The first-order chi connectivity index (χ1) is 12.3. The van der Waals surface area contributed by atoms with Crippen LogP contribution in [-0.2, 0) is 0 Å². The Morgan fingerprint density at radius 2 is 1.30 bits per heavy atom. The van der Waals surface area contributed by atoms with Gasteiger partial charge in [0.15, 0.2) is 0 Å². The van der Waals surface area contributed by atoms with Gasteiger partial charge < -0.3 is 0 Å². The van der Waals surface area contributed by atoms with Crippen LogP contribution in [0.3, 0.4) is 0 Å². The highest BCUT2D eigenvalue weighted by Crippen LogP contribution is 2.47. The zero-order valence-corrected chi connectivity index (χ0v) is 21.4. The molecule has 0 saturated carbocycles. The van der Waals surface area contributed by atoms with Gasteiger partial charge in [-0.15, -0.1) is 0 Å². The normalized spacial score (nSPS) is 19.0. The van der Waals surface area contributed by atoms with Gasteiger partial charge in [-0.3, -0.25) is 0 Å². The van der Waals surface area contributed by atoms with Crippen LogP contribution in [0, 0.1) is 46.3 Å². The molecule has 0 rings (SSSR count). The molecule has 0 aromatic heterocycles. The molecule has 0 saturated heterocycles. The second-order valence-electron chi connectivity index (χ2n) is 11.7. The molecular weight excluding hydrogens is 324 g/mol. The zero-order valence-electron chi connectivity index (χ0n) is 21.4. The topological polar surface area (TPSA) is 0 Å². The molecule has 0 fully saturated rings. The first kappa shape index (κ1) is 27.0. The molecule has 0 amide bonds. The summed E-state index contributed by atoms with van der Waals surface area (Å²) >= 11 is 0. The molecule has 0 aromatic carbocycles. The standard InChI is InChI=1S/C27H56/c1-13-16-22(7)25(27(11,12)23(8)17-20(4)5)19-21(6)18-24(14-2)26(9,10)15-3/h20-25H,13-19H2,1-12H3. The summed E-state index contributed by atoms with van der Waals surface area (Å²) in [5.74, 6) is 4.95. The summed E-state index contributed by atoms with van der Waals surface area (Å²) in [5, 5.41) is 0. The Morgan fingerprint density at radius 3 is 1.70 bits per heavy atom. The molecule has 0 radical (unpaired) electrons. The summed E-state index contributed by atoms with van der Waals surface area (Å²) < 4.78 is 0. The van der Waals surface area contributed by atoms with Crippen LogP contribution in [0.25, 0.3) is 0 Å². The van der Waals surface area contributed by atoms with Crippen LogP contribution in [-0.4, -0.2) is 0 Å². The Balaban J connectivity index is 5.36. The van der Waals surface area contributed by atoms with E-state index in [9.17, 15) is 0 Å². The molecule has 5 atom stereocenters. The van der Waals surface area contributed by atoms with Crippen LogP contribution in [0.2, 0.25) is 0 Å². The predicted octanol–water partition coefficient (Wildman–Crippen LogP) is 9.63. The van der Waals surface area contributed by atoms with Crippen LogP contribution < -0.4 is 0 Å². The van der Waals surface area contributed by atoms with Gasteiger partial charge in [-0.05, 0) is 65.6 Å². The second-order valence-corrected chi connectivity index (χ2v) is 11.7. The minimum Gasteiger partial charge on any atom is -0.0654 e. The van der Waals surface area contributed by atoms with Crippen LogP contribution in [0.15, 0.2) is 0 Å². The van der Waals surface area contributed by atoms with Gasteiger partial charge in [0.2, 0.25) is 0 Å². The van der Waals surface area contributed by atoms with Crippen LogP contribution in [0.1, 0.15) is 128 Å². The van der Waals surface area contributed by atoms with E-state index in [1.165, 1.54) is 44.9 Å². The van der Waals surface area contributed by atoms with Crippen molar-refractivity contribution < 1.29 is 0 Å². The van der Waals surface area contributed by atoms with Gasteiger partial charge in [0, 0.05) is 0 Å². The predicted molar refractivity (Wildman–Crippen MR) is 126 cm³/mol. The highest BCUT2D eigenvalue weighted by atomic mass is 14.4. The van der Waals surface area contributed by atoms with Gasteiger partial charge in [-0.1, -0.05) is 109 Å². The fraction of sp³-hybridized carbons (Fsp3) is 1.00. The Morgan fingerprint density at radius 1 is 0.741 bits per heavy atom. The van der Waals surface area contributed by atoms with E-state index in [0.29, 0.717) is 10.8 Å². The molecule has 0 heterocycles. The number of rotatable bonds is 14. The molecule has 0 aromatic rings. The van der Waals surface area contributed by atoms with Crippen molar-refractivity contribution in [2.75, 3.05) is 0 Å². The van der Waals surface area contributed by atoms with E-state index in [1.807, 2.05) is 0 Å². The van der Waals surface area contributed by atoms with Crippen molar-refractivity contribution in [1.82, 2.24) is 0 Å². The molecule has 0 aliphatic carbocycles. The van der Waals surface area contributed by atoms with Crippen LogP contribution in [0.5, 0.6) is 0 Å². The molecule has 0 aliphatic heterocycles. The summed E-state index contributed by atoms with van der Waals surface area (Å²) in [6, 6.07) is 0. The van der Waals surface area contributed by atoms with Gasteiger partial charge >= 0.3 is 0 Å². The van der Waals surface area contributed by atoms with Crippen molar-refractivity contribution in [2.24, 2.45) is 46.3 Å². The zero-order chi connectivity index (χ0) is 21.4. The molecule has 5 unspecified atom stereocenters. The minimum atomic E-state index is 0.426. The Hall–Kier alpha value is 0. The highest BCUT2D eigenvalue weighted by molar-refractivity contribution is 4.88.